The van der Waals surface area contributed by atoms with Crippen molar-refractivity contribution in [2.75, 3.05) is 6.61 Å². The quantitative estimate of drug-likeness (QED) is 0.896. The van der Waals surface area contributed by atoms with E-state index in [1.54, 1.807) is 18.2 Å². The molecule has 0 saturated heterocycles. The fourth-order valence-corrected chi connectivity index (χ4v) is 2.40. The molecule has 0 bridgehead atoms. The van der Waals surface area contributed by atoms with Crippen LogP contribution in [0.15, 0.2) is 18.2 Å². The van der Waals surface area contributed by atoms with Gasteiger partial charge in [0, 0.05) is 18.2 Å². The smallest absolute Gasteiger partial charge is 0.251 e. The Hall–Kier alpha value is -0.810. The second-order valence-corrected chi connectivity index (χ2v) is 5.34. The van der Waals surface area contributed by atoms with E-state index in [0.29, 0.717) is 22.2 Å². The molecule has 3 atom stereocenters. The fraction of sp³-hybridized carbons (Fsp3) is 0.462. The van der Waals surface area contributed by atoms with Gasteiger partial charge in [-0.1, -0.05) is 23.2 Å². The molecule has 3 N–H and O–H groups in total. The summed E-state index contributed by atoms with van der Waals surface area (Å²) in [6.07, 6.45) is 0.756. The number of ether oxygens (including phenoxy) is 1. The molecule has 1 saturated carbocycles. The Morgan fingerprint density at radius 2 is 2.21 bits per heavy atom. The second kappa shape index (κ2) is 6.09. The van der Waals surface area contributed by atoms with E-state index in [1.807, 2.05) is 6.92 Å². The lowest BCUT2D eigenvalue weighted by Gasteiger charge is -2.42. The minimum Gasteiger partial charge on any atom is -0.376 e. The fourth-order valence-electron chi connectivity index (χ4n) is 2.10. The molecule has 1 fully saturated rings. The molecule has 1 aromatic carbocycles. The first kappa shape index (κ1) is 14.6. The summed E-state index contributed by atoms with van der Waals surface area (Å²) in [5.74, 6) is -0.219. The molecule has 0 radical (unpaired) electrons. The molecule has 1 aliphatic rings. The van der Waals surface area contributed by atoms with Crippen LogP contribution in [-0.4, -0.2) is 30.7 Å². The molecule has 1 aromatic rings. The summed E-state index contributed by atoms with van der Waals surface area (Å²) in [4.78, 5) is 12.1. The highest BCUT2D eigenvalue weighted by Crippen LogP contribution is 2.25. The number of hydrogen-bond donors (Lipinski definition) is 2. The lowest BCUT2D eigenvalue weighted by molar-refractivity contribution is -0.0300. The van der Waals surface area contributed by atoms with Gasteiger partial charge in [-0.05, 0) is 31.5 Å². The average molecular weight is 303 g/mol. The van der Waals surface area contributed by atoms with Gasteiger partial charge in [0.1, 0.15) is 0 Å². The van der Waals surface area contributed by atoms with Crippen LogP contribution in [0.2, 0.25) is 10.0 Å². The van der Waals surface area contributed by atoms with Crippen LogP contribution in [0.25, 0.3) is 0 Å². The average Bonchev–Trinajstić information content (AvgIpc) is 2.38. The number of benzene rings is 1. The highest BCUT2D eigenvalue weighted by atomic mass is 35.5. The van der Waals surface area contributed by atoms with E-state index in [-0.39, 0.29) is 24.1 Å². The van der Waals surface area contributed by atoms with Crippen LogP contribution in [-0.2, 0) is 4.74 Å². The number of carbonyl (C=O) groups is 1. The number of amides is 1. The SMILES string of the molecule is CCOC1CC(N)C1NC(=O)c1ccc(Cl)c(Cl)c1. The van der Waals surface area contributed by atoms with Crippen molar-refractivity contribution < 1.29 is 9.53 Å². The van der Waals surface area contributed by atoms with Crippen molar-refractivity contribution in [2.45, 2.75) is 31.5 Å². The van der Waals surface area contributed by atoms with Gasteiger partial charge in [0.25, 0.3) is 5.91 Å². The van der Waals surface area contributed by atoms with E-state index in [1.165, 1.54) is 0 Å². The predicted molar refractivity (Wildman–Crippen MR) is 75.7 cm³/mol. The van der Waals surface area contributed by atoms with Gasteiger partial charge < -0.3 is 15.8 Å². The van der Waals surface area contributed by atoms with Gasteiger partial charge in [0.15, 0.2) is 0 Å². The molecule has 0 aromatic heterocycles. The third-order valence-electron chi connectivity index (χ3n) is 3.23. The number of hydrogen-bond acceptors (Lipinski definition) is 3. The number of halogens is 2. The zero-order valence-electron chi connectivity index (χ0n) is 10.5. The maximum atomic E-state index is 12.1. The van der Waals surface area contributed by atoms with Crippen LogP contribution in [0.3, 0.4) is 0 Å². The van der Waals surface area contributed by atoms with Crippen LogP contribution < -0.4 is 11.1 Å². The molecular formula is C13H16Cl2N2O2. The molecular weight excluding hydrogens is 287 g/mol. The van der Waals surface area contributed by atoms with Gasteiger partial charge in [-0.3, -0.25) is 4.79 Å². The Labute approximate surface area is 122 Å². The van der Waals surface area contributed by atoms with Crippen molar-refractivity contribution in [3.63, 3.8) is 0 Å². The Morgan fingerprint density at radius 3 is 2.79 bits per heavy atom. The normalized spacial score (nSPS) is 25.8. The minimum atomic E-state index is -0.219. The molecule has 2 rings (SSSR count). The maximum Gasteiger partial charge on any atom is 0.251 e. The van der Waals surface area contributed by atoms with Gasteiger partial charge >= 0.3 is 0 Å². The zero-order valence-corrected chi connectivity index (χ0v) is 12.0. The van der Waals surface area contributed by atoms with Gasteiger partial charge in [0.2, 0.25) is 0 Å². The molecule has 0 spiro atoms. The lowest BCUT2D eigenvalue weighted by Crippen LogP contribution is -2.64. The van der Waals surface area contributed by atoms with Crippen LogP contribution in [0.4, 0.5) is 0 Å². The van der Waals surface area contributed by atoms with Crippen LogP contribution in [0.1, 0.15) is 23.7 Å². The highest BCUT2D eigenvalue weighted by Gasteiger charge is 2.40. The minimum absolute atomic E-state index is 0.00766. The number of rotatable bonds is 4. The van der Waals surface area contributed by atoms with E-state index in [9.17, 15) is 4.79 Å². The first-order valence-electron chi connectivity index (χ1n) is 6.16. The first-order valence-corrected chi connectivity index (χ1v) is 6.91. The van der Waals surface area contributed by atoms with Gasteiger partial charge in [-0.25, -0.2) is 0 Å². The third kappa shape index (κ3) is 3.20. The monoisotopic (exact) mass is 302 g/mol. The Balaban J connectivity index is 2.02. The van der Waals surface area contributed by atoms with Crippen molar-refractivity contribution >= 4 is 29.1 Å². The van der Waals surface area contributed by atoms with Gasteiger partial charge in [0.05, 0.1) is 22.2 Å². The van der Waals surface area contributed by atoms with Crippen LogP contribution >= 0.6 is 23.2 Å². The van der Waals surface area contributed by atoms with Crippen molar-refractivity contribution in [2.24, 2.45) is 5.73 Å². The Kier molecular flexibility index (Phi) is 4.68. The summed E-state index contributed by atoms with van der Waals surface area (Å²) in [5.41, 5.74) is 6.34. The van der Waals surface area contributed by atoms with Crippen molar-refractivity contribution in [3.05, 3.63) is 33.8 Å². The zero-order chi connectivity index (χ0) is 14.0. The molecule has 6 heteroatoms. The number of carbonyl (C=O) groups excluding carboxylic acids is 1. The summed E-state index contributed by atoms with van der Waals surface area (Å²) in [5, 5.41) is 3.65. The molecule has 0 heterocycles. The summed E-state index contributed by atoms with van der Waals surface area (Å²) in [6.45, 7) is 2.53. The molecule has 104 valence electrons. The third-order valence-corrected chi connectivity index (χ3v) is 3.97. The summed E-state index contributed by atoms with van der Waals surface area (Å²) >= 11 is 11.7. The predicted octanol–water partition coefficient (Wildman–Crippen LogP) is 2.23. The topological polar surface area (TPSA) is 64.3 Å². The van der Waals surface area contributed by atoms with Gasteiger partial charge in [-0.2, -0.15) is 0 Å². The summed E-state index contributed by atoms with van der Waals surface area (Å²) < 4.78 is 5.50. The Bertz CT molecular complexity index is 480. The van der Waals surface area contributed by atoms with E-state index >= 15 is 0 Å². The van der Waals surface area contributed by atoms with E-state index in [2.05, 4.69) is 5.32 Å². The standard InChI is InChI=1S/C13H16Cl2N2O2/c1-2-19-11-6-10(16)12(11)17-13(18)7-3-4-8(14)9(15)5-7/h3-5,10-12H,2,6,16H2,1H3,(H,17,18). The van der Waals surface area contributed by atoms with Crippen molar-refractivity contribution in [1.29, 1.82) is 0 Å². The van der Waals surface area contributed by atoms with Crippen LogP contribution in [0, 0.1) is 0 Å². The summed E-state index contributed by atoms with van der Waals surface area (Å²) in [7, 11) is 0. The molecule has 1 amide bonds. The molecule has 3 unspecified atom stereocenters. The number of nitrogens with two attached hydrogens (primary N) is 1. The van der Waals surface area contributed by atoms with Crippen molar-refractivity contribution in [3.8, 4) is 0 Å². The van der Waals surface area contributed by atoms with E-state index in [0.717, 1.165) is 6.42 Å². The molecule has 4 nitrogen and oxygen atoms in total. The Morgan fingerprint density at radius 1 is 1.47 bits per heavy atom. The van der Waals surface area contributed by atoms with E-state index in [4.69, 9.17) is 33.7 Å². The second-order valence-electron chi connectivity index (χ2n) is 4.52. The highest BCUT2D eigenvalue weighted by molar-refractivity contribution is 6.42. The maximum absolute atomic E-state index is 12.1. The lowest BCUT2D eigenvalue weighted by atomic mass is 9.83. The van der Waals surface area contributed by atoms with Gasteiger partial charge in [-0.15, -0.1) is 0 Å². The largest absolute Gasteiger partial charge is 0.376 e. The molecule has 19 heavy (non-hydrogen) atoms. The first-order chi connectivity index (χ1) is 9.02. The number of nitrogens with one attached hydrogen (secondary N) is 1. The molecule has 1 aliphatic carbocycles. The summed E-state index contributed by atoms with van der Waals surface area (Å²) in [6, 6.07) is 4.55. The molecule has 0 aliphatic heterocycles. The van der Waals surface area contributed by atoms with E-state index < -0.39 is 0 Å². The van der Waals surface area contributed by atoms with Crippen LogP contribution in [0.5, 0.6) is 0 Å². The van der Waals surface area contributed by atoms with Crippen molar-refractivity contribution in [1.82, 2.24) is 5.32 Å².